The molecule has 4 unspecified atom stereocenters. The fraction of sp³-hybridized carbons (Fsp3) is 0.821. The Labute approximate surface area is 243 Å². The molecule has 2 aliphatic heterocycles. The third-order valence-corrected chi connectivity index (χ3v) is 8.51. The predicted octanol–water partition coefficient (Wildman–Crippen LogP) is -0.0243. The maximum absolute atomic E-state index is 13.7. The third-order valence-electron chi connectivity index (χ3n) is 8.51. The smallest absolute Gasteiger partial charge is 0.322 e. The first-order chi connectivity index (χ1) is 19.5. The zero-order valence-corrected chi connectivity index (χ0v) is 25.3. The standard InChI is InChI=1S/C28H49N5O8/c1-7-17(2)25(32(4)23(35)15-30-28(39)19-10-8-12-29-19)21(40-5)14-22(34)33-13-9-11-20(33)26(41-6)18(3)27(38)31-16-24(36)37/h17-21,25-26,29H,7-16H2,1-6H3,(H,30,39)(H,31,38)(H,36,37)/t17-,18?,19-,20-,21?,25?,26?/m0/s1. The Morgan fingerprint density at radius 2 is 1.76 bits per heavy atom. The monoisotopic (exact) mass is 583 g/mol. The Morgan fingerprint density at radius 1 is 1.05 bits per heavy atom. The van der Waals surface area contributed by atoms with Crippen LogP contribution in [0.1, 0.15) is 59.3 Å². The van der Waals surface area contributed by atoms with Gasteiger partial charge in [-0.3, -0.25) is 24.0 Å². The van der Waals surface area contributed by atoms with E-state index >= 15 is 0 Å². The van der Waals surface area contributed by atoms with Crippen LogP contribution in [0, 0.1) is 11.8 Å². The van der Waals surface area contributed by atoms with Crippen LogP contribution in [-0.4, -0.2) is 122 Å². The lowest BCUT2D eigenvalue weighted by Gasteiger charge is -2.39. The maximum Gasteiger partial charge on any atom is 0.322 e. The summed E-state index contributed by atoms with van der Waals surface area (Å²) in [5.41, 5.74) is 0. The number of carbonyl (C=O) groups is 5. The average Bonchev–Trinajstić information content (AvgIpc) is 3.67. The van der Waals surface area contributed by atoms with Crippen LogP contribution in [0.4, 0.5) is 0 Å². The summed E-state index contributed by atoms with van der Waals surface area (Å²) in [6, 6.07) is -1.06. The highest BCUT2D eigenvalue weighted by atomic mass is 16.5. The molecule has 0 saturated carbocycles. The highest BCUT2D eigenvalue weighted by Crippen LogP contribution is 2.29. The maximum atomic E-state index is 13.7. The second-order valence-corrected chi connectivity index (χ2v) is 11.1. The summed E-state index contributed by atoms with van der Waals surface area (Å²) in [7, 11) is 4.67. The molecule has 13 nitrogen and oxygen atoms in total. The minimum Gasteiger partial charge on any atom is -0.480 e. The van der Waals surface area contributed by atoms with Crippen molar-refractivity contribution in [3.05, 3.63) is 0 Å². The van der Waals surface area contributed by atoms with E-state index < -0.39 is 42.6 Å². The second kappa shape index (κ2) is 16.6. The van der Waals surface area contributed by atoms with Crippen LogP contribution in [0.2, 0.25) is 0 Å². The molecule has 2 aliphatic rings. The predicted molar refractivity (Wildman–Crippen MR) is 151 cm³/mol. The molecule has 4 N–H and O–H groups in total. The Morgan fingerprint density at radius 3 is 2.32 bits per heavy atom. The summed E-state index contributed by atoms with van der Waals surface area (Å²) in [5, 5.41) is 17.1. The first-order valence-corrected chi connectivity index (χ1v) is 14.6. The van der Waals surface area contributed by atoms with Crippen LogP contribution >= 0.6 is 0 Å². The van der Waals surface area contributed by atoms with E-state index in [4.69, 9.17) is 14.6 Å². The summed E-state index contributed by atoms with van der Waals surface area (Å²) < 4.78 is 11.5. The number of nitrogens with zero attached hydrogens (tertiary/aromatic N) is 2. The van der Waals surface area contributed by atoms with Gasteiger partial charge in [0, 0.05) is 27.8 Å². The van der Waals surface area contributed by atoms with E-state index in [1.807, 2.05) is 13.8 Å². The lowest BCUT2D eigenvalue weighted by Crippen LogP contribution is -2.54. The second-order valence-electron chi connectivity index (χ2n) is 11.1. The molecule has 2 rings (SSSR count). The topological polar surface area (TPSA) is 167 Å². The first kappa shape index (κ1) is 34.4. The van der Waals surface area contributed by atoms with E-state index in [1.165, 1.54) is 14.2 Å². The number of hydrogen-bond acceptors (Lipinski definition) is 8. The summed E-state index contributed by atoms with van der Waals surface area (Å²) >= 11 is 0. The molecule has 0 aromatic heterocycles. The van der Waals surface area contributed by atoms with Crippen LogP contribution in [0.3, 0.4) is 0 Å². The minimum atomic E-state index is -1.14. The van der Waals surface area contributed by atoms with Crippen LogP contribution in [0.25, 0.3) is 0 Å². The number of amides is 4. The Balaban J connectivity index is 2.11. The highest BCUT2D eigenvalue weighted by molar-refractivity contribution is 5.88. The first-order valence-electron chi connectivity index (χ1n) is 14.6. The number of aliphatic carboxylic acids is 1. The highest BCUT2D eigenvalue weighted by Gasteiger charge is 2.42. The zero-order valence-electron chi connectivity index (χ0n) is 25.3. The molecule has 0 aromatic rings. The normalized spacial score (nSPS) is 22.3. The number of likely N-dealkylation sites (N-methyl/N-ethyl adjacent to an activating group) is 1. The van der Waals surface area contributed by atoms with Crippen molar-refractivity contribution in [3.8, 4) is 0 Å². The van der Waals surface area contributed by atoms with Crippen molar-refractivity contribution in [2.45, 2.75) is 89.6 Å². The van der Waals surface area contributed by atoms with Gasteiger partial charge in [-0.1, -0.05) is 27.2 Å². The van der Waals surface area contributed by atoms with E-state index in [0.717, 1.165) is 32.2 Å². The zero-order chi connectivity index (χ0) is 30.7. The number of nitrogens with one attached hydrogen (secondary N) is 3. The molecule has 2 heterocycles. The number of methoxy groups -OCH3 is 2. The molecule has 234 valence electrons. The largest absolute Gasteiger partial charge is 0.480 e. The molecular formula is C28H49N5O8. The fourth-order valence-electron chi connectivity index (χ4n) is 5.97. The molecule has 7 atom stereocenters. The van der Waals surface area contributed by atoms with Crippen molar-refractivity contribution < 1.29 is 38.6 Å². The van der Waals surface area contributed by atoms with Gasteiger partial charge in [0.05, 0.1) is 49.2 Å². The average molecular weight is 584 g/mol. The number of rotatable bonds is 16. The van der Waals surface area contributed by atoms with Crippen LogP contribution in [-0.2, 0) is 33.4 Å². The van der Waals surface area contributed by atoms with Gasteiger partial charge in [0.1, 0.15) is 6.54 Å². The SMILES string of the molecule is CC[C@H](C)C(C(CC(=O)N1CCC[C@H]1C(OC)C(C)C(=O)NCC(=O)O)OC)N(C)C(=O)CNC(=O)[C@@H]1CCCN1. The minimum absolute atomic E-state index is 0.00736. The van der Waals surface area contributed by atoms with E-state index in [9.17, 15) is 24.0 Å². The summed E-state index contributed by atoms with van der Waals surface area (Å²) in [6.45, 7) is 6.31. The van der Waals surface area contributed by atoms with Gasteiger partial charge in [0.15, 0.2) is 0 Å². The van der Waals surface area contributed by atoms with Gasteiger partial charge in [-0.25, -0.2) is 0 Å². The number of carboxylic acid groups (broad SMARTS) is 1. The van der Waals surface area contributed by atoms with E-state index in [1.54, 1.807) is 23.8 Å². The van der Waals surface area contributed by atoms with Gasteiger partial charge in [-0.15, -0.1) is 0 Å². The molecule has 0 radical (unpaired) electrons. The quantitative estimate of drug-likeness (QED) is 0.195. The fourth-order valence-corrected chi connectivity index (χ4v) is 5.97. The number of carbonyl (C=O) groups excluding carboxylic acids is 4. The number of likely N-dealkylation sites (tertiary alicyclic amines) is 1. The van der Waals surface area contributed by atoms with E-state index in [2.05, 4.69) is 16.0 Å². The van der Waals surface area contributed by atoms with Crippen molar-refractivity contribution in [2.75, 3.05) is 47.4 Å². The van der Waals surface area contributed by atoms with Crippen molar-refractivity contribution in [1.82, 2.24) is 25.8 Å². The number of ether oxygens (including phenoxy) is 2. The van der Waals surface area contributed by atoms with E-state index in [0.29, 0.717) is 13.0 Å². The lowest BCUT2D eigenvalue weighted by atomic mass is 9.90. The molecular weight excluding hydrogens is 534 g/mol. The molecule has 4 amide bonds. The van der Waals surface area contributed by atoms with E-state index in [-0.39, 0.29) is 48.7 Å². The molecule has 0 bridgehead atoms. The lowest BCUT2D eigenvalue weighted by molar-refractivity contribution is -0.146. The van der Waals surface area contributed by atoms with Crippen molar-refractivity contribution >= 4 is 29.6 Å². The number of carboxylic acids is 1. The van der Waals surface area contributed by atoms with Gasteiger partial charge in [0.25, 0.3) is 0 Å². The Bertz CT molecular complexity index is 912. The van der Waals surface area contributed by atoms with Gasteiger partial charge >= 0.3 is 5.97 Å². The number of hydrogen-bond donors (Lipinski definition) is 4. The van der Waals surface area contributed by atoms with Crippen molar-refractivity contribution in [3.63, 3.8) is 0 Å². The molecule has 2 saturated heterocycles. The van der Waals surface area contributed by atoms with Crippen LogP contribution in [0.5, 0.6) is 0 Å². The molecule has 0 aliphatic carbocycles. The third kappa shape index (κ3) is 9.37. The van der Waals surface area contributed by atoms with Gasteiger partial charge in [-0.2, -0.15) is 0 Å². The van der Waals surface area contributed by atoms with Crippen molar-refractivity contribution in [1.29, 1.82) is 0 Å². The summed E-state index contributed by atoms with van der Waals surface area (Å²) in [6.07, 6.45) is 2.59. The molecule has 0 spiro atoms. The molecule has 0 aromatic carbocycles. The van der Waals surface area contributed by atoms with Gasteiger partial charge in [-0.05, 0) is 38.1 Å². The Kier molecular flexibility index (Phi) is 14.0. The molecule has 41 heavy (non-hydrogen) atoms. The Hall–Kier alpha value is -2.77. The summed E-state index contributed by atoms with van der Waals surface area (Å²) in [5.74, 6) is -2.90. The molecule has 2 fully saturated rings. The summed E-state index contributed by atoms with van der Waals surface area (Å²) in [4.78, 5) is 65.9. The van der Waals surface area contributed by atoms with Crippen LogP contribution in [0.15, 0.2) is 0 Å². The van der Waals surface area contributed by atoms with Crippen molar-refractivity contribution in [2.24, 2.45) is 11.8 Å². The van der Waals surface area contributed by atoms with Gasteiger partial charge in [0.2, 0.25) is 23.6 Å². The van der Waals surface area contributed by atoms with Gasteiger partial charge < -0.3 is 40.3 Å². The molecule has 13 heteroatoms. The van der Waals surface area contributed by atoms with Crippen LogP contribution < -0.4 is 16.0 Å².